The molecule has 0 fully saturated rings. The maximum absolute atomic E-state index is 14.7. The van der Waals surface area contributed by atoms with Crippen LogP contribution in [0.5, 0.6) is 11.5 Å². The summed E-state index contributed by atoms with van der Waals surface area (Å²) < 4.78 is 35.6. The summed E-state index contributed by atoms with van der Waals surface area (Å²) in [5.74, 6) is 0.302. The second-order valence-electron chi connectivity index (χ2n) is 12.1. The van der Waals surface area contributed by atoms with Gasteiger partial charge in [-0.05, 0) is 86.0 Å². The highest BCUT2D eigenvalue weighted by Gasteiger charge is 2.35. The first kappa shape index (κ1) is 34.9. The van der Waals surface area contributed by atoms with Crippen molar-refractivity contribution in [3.8, 4) is 11.5 Å². The zero-order valence-electron chi connectivity index (χ0n) is 27.9. The minimum Gasteiger partial charge on any atom is -0.457 e. The summed E-state index contributed by atoms with van der Waals surface area (Å²) in [7, 11) is -4.21. The van der Waals surface area contributed by atoms with Crippen molar-refractivity contribution in [2.24, 2.45) is 0 Å². The normalized spacial score (nSPS) is 11.8. The number of carbonyl (C=O) groups excluding carboxylic acids is 2. The average Bonchev–Trinajstić information content (AvgIpc) is 3.10. The van der Waals surface area contributed by atoms with Crippen molar-refractivity contribution in [1.29, 1.82) is 0 Å². The summed E-state index contributed by atoms with van der Waals surface area (Å²) in [6, 6.07) is 39.9. The number of nitrogens with one attached hydrogen (secondary N) is 1. The standard InChI is InChI=1S/C40H41N3O5S/c1-30(2)41-40(45)38(27-32-16-7-4-8-17-32)42(28-33-18-14-13-15-31(33)3)39(44)29-43(49(46,47)37-21-11-6-12-22-37)34-23-25-36(26-24-34)48-35-19-9-5-10-20-35/h4-26,30,38H,27-29H2,1-3H3,(H,41,45). The summed E-state index contributed by atoms with van der Waals surface area (Å²) >= 11 is 0. The molecule has 2 amide bonds. The van der Waals surface area contributed by atoms with Crippen LogP contribution in [0.1, 0.15) is 30.5 Å². The zero-order valence-corrected chi connectivity index (χ0v) is 28.7. The van der Waals surface area contributed by atoms with Crippen molar-refractivity contribution in [2.75, 3.05) is 10.8 Å². The molecule has 0 saturated heterocycles. The fraction of sp³-hybridized carbons (Fsp3) is 0.200. The van der Waals surface area contributed by atoms with Gasteiger partial charge < -0.3 is 15.0 Å². The minimum atomic E-state index is -4.21. The Labute approximate surface area is 289 Å². The molecule has 49 heavy (non-hydrogen) atoms. The summed E-state index contributed by atoms with van der Waals surface area (Å²) in [6.45, 7) is 5.25. The van der Waals surface area contributed by atoms with E-state index in [0.29, 0.717) is 11.5 Å². The predicted molar refractivity (Wildman–Crippen MR) is 193 cm³/mol. The molecule has 5 aromatic rings. The molecule has 1 atom stereocenters. The molecule has 0 aromatic heterocycles. The highest BCUT2D eigenvalue weighted by atomic mass is 32.2. The second-order valence-corrected chi connectivity index (χ2v) is 13.9. The fourth-order valence-electron chi connectivity index (χ4n) is 5.46. The van der Waals surface area contributed by atoms with Gasteiger partial charge in [0.05, 0.1) is 10.6 Å². The molecule has 5 rings (SSSR count). The first-order chi connectivity index (χ1) is 23.6. The van der Waals surface area contributed by atoms with Crippen LogP contribution in [-0.2, 0) is 32.6 Å². The predicted octanol–water partition coefficient (Wildman–Crippen LogP) is 7.15. The molecular formula is C40H41N3O5S. The number of amides is 2. The third-order valence-electron chi connectivity index (χ3n) is 8.02. The van der Waals surface area contributed by atoms with Crippen LogP contribution in [0.25, 0.3) is 0 Å². The number of sulfonamides is 1. The van der Waals surface area contributed by atoms with Gasteiger partial charge in [-0.3, -0.25) is 13.9 Å². The molecule has 0 spiro atoms. The van der Waals surface area contributed by atoms with E-state index in [1.165, 1.54) is 17.0 Å². The average molecular weight is 676 g/mol. The third kappa shape index (κ3) is 9.15. The van der Waals surface area contributed by atoms with Gasteiger partial charge in [0.1, 0.15) is 24.1 Å². The molecule has 1 unspecified atom stereocenters. The number of carbonyl (C=O) groups is 2. The number of benzene rings is 5. The van der Waals surface area contributed by atoms with Crippen molar-refractivity contribution in [3.63, 3.8) is 0 Å². The Morgan fingerprint density at radius 1 is 0.714 bits per heavy atom. The van der Waals surface area contributed by atoms with Crippen molar-refractivity contribution < 1.29 is 22.7 Å². The van der Waals surface area contributed by atoms with Crippen molar-refractivity contribution >= 4 is 27.5 Å². The van der Waals surface area contributed by atoms with E-state index in [1.807, 2.05) is 106 Å². The maximum atomic E-state index is 14.7. The van der Waals surface area contributed by atoms with Gasteiger partial charge in [0.25, 0.3) is 10.0 Å². The van der Waals surface area contributed by atoms with Crippen LogP contribution in [0, 0.1) is 6.92 Å². The lowest BCUT2D eigenvalue weighted by atomic mass is 10.0. The van der Waals surface area contributed by atoms with E-state index >= 15 is 0 Å². The Bertz CT molecular complexity index is 1940. The fourth-order valence-corrected chi connectivity index (χ4v) is 6.89. The molecular weight excluding hydrogens is 635 g/mol. The maximum Gasteiger partial charge on any atom is 0.264 e. The highest BCUT2D eigenvalue weighted by Crippen LogP contribution is 2.29. The number of nitrogens with zero attached hydrogens (tertiary/aromatic N) is 2. The SMILES string of the molecule is Cc1ccccc1CN(C(=O)CN(c1ccc(Oc2ccccc2)cc1)S(=O)(=O)c1ccccc1)C(Cc1ccccc1)C(=O)NC(C)C. The molecule has 252 valence electrons. The van der Waals surface area contributed by atoms with Gasteiger partial charge in [0.2, 0.25) is 11.8 Å². The van der Waals surface area contributed by atoms with E-state index in [9.17, 15) is 18.0 Å². The van der Waals surface area contributed by atoms with Crippen molar-refractivity contribution in [3.05, 3.63) is 156 Å². The summed E-state index contributed by atoms with van der Waals surface area (Å²) in [6.07, 6.45) is 0.244. The van der Waals surface area contributed by atoms with E-state index in [-0.39, 0.29) is 35.5 Å². The number of aryl methyl sites for hydroxylation is 1. The van der Waals surface area contributed by atoms with E-state index in [0.717, 1.165) is 21.0 Å². The first-order valence-electron chi connectivity index (χ1n) is 16.2. The molecule has 0 bridgehead atoms. The van der Waals surface area contributed by atoms with Crippen molar-refractivity contribution in [1.82, 2.24) is 10.2 Å². The molecule has 0 aliphatic heterocycles. The molecule has 9 heteroatoms. The molecule has 0 aliphatic carbocycles. The molecule has 0 aliphatic rings. The number of hydrogen-bond donors (Lipinski definition) is 1. The summed E-state index contributed by atoms with van der Waals surface area (Å²) in [4.78, 5) is 30.1. The summed E-state index contributed by atoms with van der Waals surface area (Å²) in [5.41, 5.74) is 2.95. The van der Waals surface area contributed by atoms with Crippen LogP contribution in [0.4, 0.5) is 5.69 Å². The van der Waals surface area contributed by atoms with Gasteiger partial charge in [-0.15, -0.1) is 0 Å². The zero-order chi connectivity index (χ0) is 34.8. The van der Waals surface area contributed by atoms with Crippen LogP contribution in [-0.4, -0.2) is 43.8 Å². The summed E-state index contributed by atoms with van der Waals surface area (Å²) in [5, 5.41) is 2.99. The Morgan fingerprint density at radius 3 is 1.88 bits per heavy atom. The van der Waals surface area contributed by atoms with Crippen molar-refractivity contribution in [2.45, 2.75) is 50.7 Å². The van der Waals surface area contributed by atoms with Gasteiger partial charge in [0.15, 0.2) is 0 Å². The lowest BCUT2D eigenvalue weighted by molar-refractivity contribution is -0.140. The van der Waals surface area contributed by atoms with Crippen LogP contribution >= 0.6 is 0 Å². The largest absolute Gasteiger partial charge is 0.457 e. The Balaban J connectivity index is 1.55. The Kier molecular flexibility index (Phi) is 11.5. The van der Waals surface area contributed by atoms with Gasteiger partial charge >= 0.3 is 0 Å². The number of anilines is 1. The van der Waals surface area contributed by atoms with Gasteiger partial charge in [-0.25, -0.2) is 8.42 Å². The topological polar surface area (TPSA) is 96.0 Å². The molecule has 1 N–H and O–H groups in total. The van der Waals surface area contributed by atoms with Crippen LogP contribution in [0.3, 0.4) is 0 Å². The van der Waals surface area contributed by atoms with Crippen LogP contribution in [0.15, 0.2) is 144 Å². The van der Waals surface area contributed by atoms with E-state index in [4.69, 9.17) is 4.74 Å². The molecule has 0 heterocycles. The first-order valence-corrected chi connectivity index (χ1v) is 17.6. The number of rotatable bonds is 14. The Morgan fingerprint density at radius 2 is 1.27 bits per heavy atom. The third-order valence-corrected chi connectivity index (χ3v) is 9.81. The van der Waals surface area contributed by atoms with Gasteiger partial charge in [0, 0.05) is 19.0 Å². The van der Waals surface area contributed by atoms with Gasteiger partial charge in [-0.2, -0.15) is 0 Å². The lowest BCUT2D eigenvalue weighted by Gasteiger charge is -2.34. The Hall–Kier alpha value is -5.41. The quantitative estimate of drug-likeness (QED) is 0.135. The van der Waals surface area contributed by atoms with E-state index in [1.54, 1.807) is 42.5 Å². The molecule has 5 aromatic carbocycles. The number of para-hydroxylation sites is 1. The molecule has 0 saturated carbocycles. The molecule has 0 radical (unpaired) electrons. The second kappa shape index (κ2) is 16.1. The highest BCUT2D eigenvalue weighted by molar-refractivity contribution is 7.92. The lowest BCUT2D eigenvalue weighted by Crippen LogP contribution is -2.54. The minimum absolute atomic E-state index is 0.0382. The van der Waals surface area contributed by atoms with E-state index < -0.39 is 28.5 Å². The smallest absolute Gasteiger partial charge is 0.264 e. The number of hydrogen-bond acceptors (Lipinski definition) is 5. The number of ether oxygens (including phenoxy) is 1. The van der Waals surface area contributed by atoms with E-state index in [2.05, 4.69) is 5.32 Å². The monoisotopic (exact) mass is 675 g/mol. The van der Waals surface area contributed by atoms with Crippen LogP contribution in [0.2, 0.25) is 0 Å². The molecule has 8 nitrogen and oxygen atoms in total. The van der Waals surface area contributed by atoms with Crippen LogP contribution < -0.4 is 14.4 Å². The van der Waals surface area contributed by atoms with Gasteiger partial charge in [-0.1, -0.05) is 91.0 Å².